The van der Waals surface area contributed by atoms with Crippen LogP contribution in [-0.4, -0.2) is 60.7 Å². The van der Waals surface area contributed by atoms with Crippen LogP contribution in [0.4, 0.5) is 0 Å². The van der Waals surface area contributed by atoms with E-state index in [4.69, 9.17) is 9.47 Å². The molecule has 0 spiro atoms. The van der Waals surface area contributed by atoms with Gasteiger partial charge in [-0.15, -0.1) is 0 Å². The first-order chi connectivity index (χ1) is 17.2. The minimum atomic E-state index is 0.187. The van der Waals surface area contributed by atoms with Crippen molar-refractivity contribution in [3.63, 3.8) is 0 Å². The van der Waals surface area contributed by atoms with E-state index < -0.39 is 0 Å². The van der Waals surface area contributed by atoms with E-state index in [1.807, 2.05) is 12.1 Å². The van der Waals surface area contributed by atoms with E-state index in [-0.39, 0.29) is 12.0 Å². The molecule has 5 nitrogen and oxygen atoms in total. The number of hydrogen-bond acceptors (Lipinski definition) is 4. The maximum Gasteiger partial charge on any atom is 0.254 e. The molecule has 3 aliphatic heterocycles. The summed E-state index contributed by atoms with van der Waals surface area (Å²) in [5.41, 5.74) is 6.34. The largest absolute Gasteiger partial charge is 0.491 e. The van der Waals surface area contributed by atoms with Gasteiger partial charge in [0.1, 0.15) is 12.4 Å². The molecule has 35 heavy (non-hydrogen) atoms. The topological polar surface area (TPSA) is 42.0 Å². The highest BCUT2D eigenvalue weighted by Gasteiger charge is 2.32. The van der Waals surface area contributed by atoms with Crippen LogP contribution in [0.3, 0.4) is 0 Å². The number of hydrogen-bond donors (Lipinski definition) is 0. The second-order valence-corrected chi connectivity index (χ2v) is 10.9. The number of fused-ring (bicyclic) bond motifs is 2. The lowest BCUT2D eigenvalue weighted by atomic mass is 9.85. The van der Waals surface area contributed by atoms with Crippen LogP contribution in [0.25, 0.3) is 0 Å². The average molecular weight is 475 g/mol. The van der Waals surface area contributed by atoms with Crippen molar-refractivity contribution in [3.05, 3.63) is 64.2 Å². The van der Waals surface area contributed by atoms with Gasteiger partial charge in [-0.05, 0) is 105 Å². The first kappa shape index (κ1) is 23.1. The standard InChI is InChI=1S/C30H38N2O3/c33-30-29-11-10-27(35-21-28-5-4-16-34-28)19-25(29)12-15-32(30)26-9-8-23-17-22(6-7-24(23)18-26)20-31-13-2-1-3-14-31/h6-7,10-11,17,19,26,28H,1-5,8-9,12-16,18,20-21H2/t26-,28-/m0/s1. The van der Waals surface area contributed by atoms with Crippen molar-refractivity contribution in [2.75, 3.05) is 32.8 Å². The number of ether oxygens (including phenoxy) is 2. The lowest BCUT2D eigenvalue weighted by Gasteiger charge is -2.38. The first-order valence-electron chi connectivity index (χ1n) is 13.7. The molecule has 2 aromatic carbocycles. The predicted octanol–water partition coefficient (Wildman–Crippen LogP) is 4.79. The highest BCUT2D eigenvalue weighted by atomic mass is 16.5. The molecule has 2 fully saturated rings. The number of likely N-dealkylation sites (tertiary alicyclic amines) is 1. The number of rotatable bonds is 6. The lowest BCUT2D eigenvalue weighted by molar-refractivity contribution is 0.0638. The molecule has 0 radical (unpaired) electrons. The van der Waals surface area contributed by atoms with Crippen LogP contribution in [0.5, 0.6) is 5.75 Å². The maximum absolute atomic E-state index is 13.4. The van der Waals surface area contributed by atoms with Crippen molar-refractivity contribution in [2.45, 2.75) is 76.5 Å². The summed E-state index contributed by atoms with van der Waals surface area (Å²) in [7, 11) is 0. The molecule has 2 saturated heterocycles. The van der Waals surface area contributed by atoms with Crippen molar-refractivity contribution in [1.82, 2.24) is 9.80 Å². The fraction of sp³-hybridized carbons (Fsp3) is 0.567. The van der Waals surface area contributed by atoms with Crippen LogP contribution in [0.1, 0.15) is 71.1 Å². The molecule has 0 N–H and O–H groups in total. The molecule has 4 aliphatic rings. The number of piperidine rings is 1. The molecule has 0 bridgehead atoms. The number of nitrogens with zero attached hydrogens (tertiary/aromatic N) is 2. The SMILES string of the molecule is O=C1c2ccc(OC[C@@H]3CCCO3)cc2CCN1[C@H]1CCc2cc(CN3CCCCC3)ccc2C1. The van der Waals surface area contributed by atoms with Crippen LogP contribution < -0.4 is 4.74 Å². The Morgan fingerprint density at radius 1 is 0.886 bits per heavy atom. The van der Waals surface area contributed by atoms with Gasteiger partial charge in [0.05, 0.1) is 6.10 Å². The molecular weight excluding hydrogens is 436 g/mol. The third kappa shape index (κ3) is 5.12. The van der Waals surface area contributed by atoms with Gasteiger partial charge in [-0.2, -0.15) is 0 Å². The first-order valence-corrected chi connectivity index (χ1v) is 13.7. The van der Waals surface area contributed by atoms with Crippen LogP contribution in [0.15, 0.2) is 36.4 Å². The van der Waals surface area contributed by atoms with Gasteiger partial charge in [0.25, 0.3) is 5.91 Å². The quantitative estimate of drug-likeness (QED) is 0.604. The summed E-state index contributed by atoms with van der Waals surface area (Å²) in [6.07, 6.45) is 10.5. The molecule has 186 valence electrons. The van der Waals surface area contributed by atoms with Gasteiger partial charge in [0.15, 0.2) is 0 Å². The Morgan fingerprint density at radius 3 is 2.66 bits per heavy atom. The van der Waals surface area contributed by atoms with Crippen LogP contribution in [-0.2, 0) is 30.5 Å². The zero-order chi connectivity index (χ0) is 23.6. The van der Waals surface area contributed by atoms with Gasteiger partial charge < -0.3 is 14.4 Å². The van der Waals surface area contributed by atoms with E-state index in [1.165, 1.54) is 49.0 Å². The summed E-state index contributed by atoms with van der Waals surface area (Å²) < 4.78 is 11.6. The molecule has 1 aliphatic carbocycles. The Balaban J connectivity index is 1.09. The Bertz CT molecular complexity index is 1060. The monoisotopic (exact) mass is 474 g/mol. The summed E-state index contributed by atoms with van der Waals surface area (Å²) in [4.78, 5) is 18.2. The minimum absolute atomic E-state index is 0.187. The second kappa shape index (κ2) is 10.3. The molecule has 0 saturated carbocycles. The summed E-state index contributed by atoms with van der Waals surface area (Å²) in [5.74, 6) is 1.04. The van der Waals surface area contributed by atoms with Gasteiger partial charge in [-0.3, -0.25) is 9.69 Å². The van der Waals surface area contributed by atoms with Crippen LogP contribution in [0.2, 0.25) is 0 Å². The number of aryl methyl sites for hydroxylation is 1. The Hall–Kier alpha value is -2.37. The lowest BCUT2D eigenvalue weighted by Crippen LogP contribution is -2.47. The van der Waals surface area contributed by atoms with Crippen LogP contribution >= 0.6 is 0 Å². The normalized spacial score (nSPS) is 24.8. The predicted molar refractivity (Wildman–Crippen MR) is 137 cm³/mol. The number of benzene rings is 2. The number of amides is 1. The highest BCUT2D eigenvalue weighted by Crippen LogP contribution is 2.31. The van der Waals surface area contributed by atoms with Crippen molar-refractivity contribution >= 4 is 5.91 Å². The fourth-order valence-electron chi connectivity index (χ4n) is 6.42. The van der Waals surface area contributed by atoms with E-state index in [1.54, 1.807) is 0 Å². The molecule has 1 amide bonds. The van der Waals surface area contributed by atoms with Crippen molar-refractivity contribution in [1.29, 1.82) is 0 Å². The molecule has 2 aromatic rings. The Morgan fingerprint density at radius 2 is 1.80 bits per heavy atom. The molecule has 3 heterocycles. The highest BCUT2D eigenvalue weighted by molar-refractivity contribution is 5.97. The van der Waals surface area contributed by atoms with Crippen LogP contribution in [0, 0.1) is 0 Å². The maximum atomic E-state index is 13.4. The summed E-state index contributed by atoms with van der Waals surface area (Å²) >= 11 is 0. The molecule has 5 heteroatoms. The van der Waals surface area contributed by atoms with E-state index in [9.17, 15) is 4.79 Å². The van der Waals surface area contributed by atoms with E-state index >= 15 is 0 Å². The smallest absolute Gasteiger partial charge is 0.254 e. The fourth-order valence-corrected chi connectivity index (χ4v) is 6.42. The van der Waals surface area contributed by atoms with Crippen molar-refractivity contribution in [3.8, 4) is 5.75 Å². The molecule has 6 rings (SSSR count). The minimum Gasteiger partial charge on any atom is -0.491 e. The second-order valence-electron chi connectivity index (χ2n) is 10.9. The van der Waals surface area contributed by atoms with E-state index in [0.29, 0.717) is 12.6 Å². The van der Waals surface area contributed by atoms with Gasteiger partial charge in [-0.25, -0.2) is 0 Å². The van der Waals surface area contributed by atoms with Gasteiger partial charge in [-0.1, -0.05) is 24.6 Å². The summed E-state index contributed by atoms with van der Waals surface area (Å²) in [5, 5.41) is 0. The van der Waals surface area contributed by atoms with Gasteiger partial charge in [0, 0.05) is 31.3 Å². The molecule has 0 unspecified atom stereocenters. The summed E-state index contributed by atoms with van der Waals surface area (Å²) in [6.45, 7) is 5.79. The molecule has 0 aromatic heterocycles. The Kier molecular flexibility index (Phi) is 6.80. The average Bonchev–Trinajstić information content (AvgIpc) is 3.42. The number of carbonyl (C=O) groups excluding carboxylic acids is 1. The van der Waals surface area contributed by atoms with Gasteiger partial charge in [0.2, 0.25) is 0 Å². The third-order valence-electron chi connectivity index (χ3n) is 8.42. The number of carbonyl (C=O) groups is 1. The van der Waals surface area contributed by atoms with Gasteiger partial charge >= 0.3 is 0 Å². The summed E-state index contributed by atoms with van der Waals surface area (Å²) in [6, 6.07) is 13.4. The zero-order valence-electron chi connectivity index (χ0n) is 20.8. The zero-order valence-corrected chi connectivity index (χ0v) is 20.8. The van der Waals surface area contributed by atoms with E-state index in [0.717, 1.165) is 75.1 Å². The van der Waals surface area contributed by atoms with E-state index in [2.05, 4.69) is 34.1 Å². The Labute approximate surface area is 209 Å². The van der Waals surface area contributed by atoms with Crippen molar-refractivity contribution < 1.29 is 14.3 Å². The molecule has 2 atom stereocenters. The molecular formula is C30H38N2O3. The van der Waals surface area contributed by atoms with Crippen molar-refractivity contribution in [2.24, 2.45) is 0 Å². The third-order valence-corrected chi connectivity index (χ3v) is 8.42.